The summed E-state index contributed by atoms with van der Waals surface area (Å²) in [5.74, 6) is -1.59. The molecule has 0 spiro atoms. The van der Waals surface area contributed by atoms with Crippen molar-refractivity contribution < 1.29 is 31.8 Å². The van der Waals surface area contributed by atoms with Crippen molar-refractivity contribution in [1.82, 2.24) is 4.98 Å². The third-order valence-corrected chi connectivity index (χ3v) is 2.92. The smallest absolute Gasteiger partial charge is 0.469 e. The van der Waals surface area contributed by atoms with Crippen LogP contribution < -0.4 is 4.74 Å². The van der Waals surface area contributed by atoms with Gasteiger partial charge in [-0.25, -0.2) is 9.37 Å². The van der Waals surface area contributed by atoms with E-state index in [-0.39, 0.29) is 11.3 Å². The Kier molecular flexibility index (Phi) is 5.32. The molecule has 9 heteroatoms. The van der Waals surface area contributed by atoms with Gasteiger partial charge in [-0.3, -0.25) is 4.79 Å². The largest absolute Gasteiger partial charge is 0.574 e. The van der Waals surface area contributed by atoms with Gasteiger partial charge in [-0.1, -0.05) is 0 Å². The van der Waals surface area contributed by atoms with Crippen LogP contribution in [0.4, 0.5) is 17.6 Å². The molecule has 0 aromatic carbocycles. The molecule has 0 amide bonds. The zero-order valence-electron chi connectivity index (χ0n) is 9.55. The summed E-state index contributed by atoms with van der Waals surface area (Å²) >= 11 is 1.71. The van der Waals surface area contributed by atoms with Crippen LogP contribution in [0.5, 0.6) is 5.88 Å². The number of carbonyl (C=O) groups excluding carboxylic acids is 1. The van der Waals surface area contributed by atoms with Crippen LogP contribution in [0.25, 0.3) is 0 Å². The van der Waals surface area contributed by atoms with Crippen molar-refractivity contribution in [1.29, 1.82) is 0 Å². The number of aromatic nitrogens is 1. The molecule has 0 radical (unpaired) electrons. The van der Waals surface area contributed by atoms with E-state index >= 15 is 0 Å². The Balaban J connectivity index is 3.18. The maximum absolute atomic E-state index is 12.6. The van der Waals surface area contributed by atoms with Crippen molar-refractivity contribution in [2.24, 2.45) is 0 Å². The lowest BCUT2D eigenvalue weighted by molar-refractivity contribution is -0.276. The molecule has 0 aliphatic carbocycles. The lowest BCUT2D eigenvalue weighted by atomic mass is 10.2. The van der Waals surface area contributed by atoms with Crippen LogP contribution in [-0.4, -0.2) is 24.4 Å². The summed E-state index contributed by atoms with van der Waals surface area (Å²) in [6.07, 6.45) is -5.42. The highest BCUT2D eigenvalue weighted by atomic mass is 127. The molecule has 1 aromatic heterocycles. The third kappa shape index (κ3) is 4.80. The van der Waals surface area contributed by atoms with E-state index in [1.807, 2.05) is 0 Å². The predicted octanol–water partition coefficient (Wildman–Crippen LogP) is 2.77. The first kappa shape index (κ1) is 15.9. The average Bonchev–Trinajstić information content (AvgIpc) is 2.30. The van der Waals surface area contributed by atoms with Crippen molar-refractivity contribution in [2.75, 3.05) is 7.11 Å². The molecule has 19 heavy (non-hydrogen) atoms. The number of hydrogen-bond acceptors (Lipinski definition) is 4. The van der Waals surface area contributed by atoms with Crippen molar-refractivity contribution in [2.45, 2.75) is 19.5 Å². The maximum Gasteiger partial charge on any atom is 0.574 e. The summed E-state index contributed by atoms with van der Waals surface area (Å²) in [4.78, 5) is 14.5. The molecule has 0 aliphatic heterocycles. The molecule has 0 atom stereocenters. The molecule has 1 rings (SSSR count). The Labute approximate surface area is 119 Å². The summed E-state index contributed by atoms with van der Waals surface area (Å²) in [7, 11) is 1.10. The SMILES string of the molecule is COC(=O)Cc1cc(I)c(CF)nc1OC(F)(F)F. The monoisotopic (exact) mass is 393 g/mol. The van der Waals surface area contributed by atoms with Crippen LogP contribution in [0, 0.1) is 3.57 Å². The molecule has 0 N–H and O–H groups in total. The molecule has 4 nitrogen and oxygen atoms in total. The predicted molar refractivity (Wildman–Crippen MR) is 64.2 cm³/mol. The number of hydrogen-bond donors (Lipinski definition) is 0. The lowest BCUT2D eigenvalue weighted by Gasteiger charge is -2.13. The molecular formula is C10H8F4INO3. The number of methoxy groups -OCH3 is 1. The van der Waals surface area contributed by atoms with Crippen molar-refractivity contribution in [3.05, 3.63) is 20.9 Å². The third-order valence-electron chi connectivity index (χ3n) is 1.99. The molecule has 0 fully saturated rings. The Morgan fingerprint density at radius 2 is 2.11 bits per heavy atom. The first-order valence-corrected chi connectivity index (χ1v) is 5.91. The van der Waals surface area contributed by atoms with E-state index in [1.165, 1.54) is 6.07 Å². The highest BCUT2D eigenvalue weighted by Crippen LogP contribution is 2.28. The van der Waals surface area contributed by atoms with Gasteiger partial charge in [0.05, 0.1) is 19.2 Å². The van der Waals surface area contributed by atoms with Crippen molar-refractivity contribution >= 4 is 28.6 Å². The molecule has 0 bridgehead atoms. The lowest BCUT2D eigenvalue weighted by Crippen LogP contribution is -2.20. The van der Waals surface area contributed by atoms with E-state index < -0.39 is 31.3 Å². The fourth-order valence-electron chi connectivity index (χ4n) is 1.19. The minimum absolute atomic E-state index is 0.120. The molecule has 0 saturated heterocycles. The van der Waals surface area contributed by atoms with Crippen LogP contribution >= 0.6 is 22.6 Å². The molecule has 1 aromatic rings. The van der Waals surface area contributed by atoms with Crippen LogP contribution in [-0.2, 0) is 22.6 Å². The number of ether oxygens (including phenoxy) is 2. The number of esters is 1. The van der Waals surface area contributed by atoms with Crippen molar-refractivity contribution in [3.63, 3.8) is 0 Å². The summed E-state index contributed by atoms with van der Waals surface area (Å²) in [6.45, 7) is -1.04. The minimum Gasteiger partial charge on any atom is -0.469 e. The molecule has 0 saturated carbocycles. The molecule has 0 aliphatic rings. The van der Waals surface area contributed by atoms with Crippen LogP contribution in [0.3, 0.4) is 0 Å². The number of halogens is 5. The molecule has 106 valence electrons. The molecular weight excluding hydrogens is 385 g/mol. The Morgan fingerprint density at radius 3 is 2.58 bits per heavy atom. The zero-order valence-corrected chi connectivity index (χ0v) is 11.7. The van der Waals surface area contributed by atoms with Gasteiger partial charge in [-0.05, 0) is 28.7 Å². The zero-order chi connectivity index (χ0) is 14.6. The van der Waals surface area contributed by atoms with E-state index in [2.05, 4.69) is 14.5 Å². The van der Waals surface area contributed by atoms with Gasteiger partial charge < -0.3 is 9.47 Å². The summed E-state index contributed by atoms with van der Waals surface area (Å²) < 4.78 is 57.5. The van der Waals surface area contributed by atoms with E-state index in [1.54, 1.807) is 22.6 Å². The number of alkyl halides is 4. The standard InChI is InChI=1S/C10H8F4INO3/c1-18-8(17)3-5-2-6(15)7(4-11)16-9(5)19-10(12,13)14/h2H,3-4H2,1H3. The topological polar surface area (TPSA) is 48.4 Å². The maximum atomic E-state index is 12.6. The number of carbonyl (C=O) groups is 1. The second-order valence-corrected chi connectivity index (χ2v) is 4.48. The van der Waals surface area contributed by atoms with Gasteiger partial charge in [0.25, 0.3) is 0 Å². The first-order valence-electron chi connectivity index (χ1n) is 4.83. The quantitative estimate of drug-likeness (QED) is 0.449. The van der Waals surface area contributed by atoms with Crippen LogP contribution in [0.15, 0.2) is 6.07 Å². The second kappa shape index (κ2) is 6.35. The fraction of sp³-hybridized carbons (Fsp3) is 0.400. The Morgan fingerprint density at radius 1 is 1.47 bits per heavy atom. The molecule has 1 heterocycles. The Bertz CT molecular complexity index is 479. The van der Waals surface area contributed by atoms with E-state index in [0.29, 0.717) is 3.57 Å². The van der Waals surface area contributed by atoms with E-state index in [4.69, 9.17) is 0 Å². The number of nitrogens with zero attached hydrogens (tertiary/aromatic N) is 1. The van der Waals surface area contributed by atoms with Gasteiger partial charge in [-0.2, -0.15) is 0 Å². The highest BCUT2D eigenvalue weighted by molar-refractivity contribution is 14.1. The summed E-state index contributed by atoms with van der Waals surface area (Å²) in [5.41, 5.74) is -0.306. The average molecular weight is 393 g/mol. The summed E-state index contributed by atoms with van der Waals surface area (Å²) in [6, 6.07) is 1.21. The highest BCUT2D eigenvalue weighted by Gasteiger charge is 2.33. The second-order valence-electron chi connectivity index (χ2n) is 3.32. The number of rotatable bonds is 4. The van der Waals surface area contributed by atoms with E-state index in [0.717, 1.165) is 7.11 Å². The van der Waals surface area contributed by atoms with Gasteiger partial charge in [0.2, 0.25) is 5.88 Å². The van der Waals surface area contributed by atoms with Gasteiger partial charge in [0, 0.05) is 9.13 Å². The Hall–Kier alpha value is -1.13. The molecule has 0 unspecified atom stereocenters. The fourth-order valence-corrected chi connectivity index (χ4v) is 1.83. The summed E-state index contributed by atoms with van der Waals surface area (Å²) in [5, 5.41) is 0. The van der Waals surface area contributed by atoms with Crippen molar-refractivity contribution in [3.8, 4) is 5.88 Å². The van der Waals surface area contributed by atoms with Gasteiger partial charge in [0.15, 0.2) is 0 Å². The van der Waals surface area contributed by atoms with Crippen LogP contribution in [0.2, 0.25) is 0 Å². The van der Waals surface area contributed by atoms with Gasteiger partial charge >= 0.3 is 12.3 Å². The van der Waals surface area contributed by atoms with Crippen LogP contribution in [0.1, 0.15) is 11.3 Å². The number of pyridine rings is 1. The van der Waals surface area contributed by atoms with Gasteiger partial charge in [-0.15, -0.1) is 13.2 Å². The van der Waals surface area contributed by atoms with E-state index in [9.17, 15) is 22.4 Å². The normalized spacial score (nSPS) is 11.3. The minimum atomic E-state index is -4.97. The first-order chi connectivity index (χ1) is 8.76. The van der Waals surface area contributed by atoms with Gasteiger partial charge in [0.1, 0.15) is 6.67 Å².